The molecule has 2 aliphatic rings. The Morgan fingerprint density at radius 2 is 1.29 bits per heavy atom. The van der Waals surface area contributed by atoms with Crippen LogP contribution in [0.15, 0.2) is 97.1 Å². The maximum atomic E-state index is 13.7. The molecule has 8 nitrogen and oxygen atoms in total. The fraction of sp³-hybridized carbons (Fsp3) is 0.350. The standard InChI is InChI=1S/C39H37F6N3O2.CH4O3S/c40-38(41,42)25-46-36(50)37(33-13-5-3-10-30(33)31-11-4-6-14-34(31)37)21-7-8-22-48-23-19-28(20-24-48)47-35(49)32-12-2-1-9-29(32)26-15-17-27(18-16-26)39(43,44)45;1-5(2,3)4/h1-6,9-18,28H,7-8,19-25H2,(H,46,50)(H,47,49);1H3,(H,2,3,4). The fourth-order valence-electron chi connectivity index (χ4n) is 7.35. The van der Waals surface area contributed by atoms with Crippen LogP contribution < -0.4 is 10.6 Å². The van der Waals surface area contributed by atoms with Crippen molar-refractivity contribution in [3.8, 4) is 22.3 Å². The van der Waals surface area contributed by atoms with Gasteiger partial charge in [0.2, 0.25) is 5.91 Å². The van der Waals surface area contributed by atoms with Crippen LogP contribution >= 0.6 is 0 Å². The minimum atomic E-state index is -4.53. The van der Waals surface area contributed by atoms with E-state index in [1.165, 1.54) is 12.1 Å². The Labute approximate surface area is 315 Å². The van der Waals surface area contributed by atoms with Crippen LogP contribution in [0.4, 0.5) is 26.3 Å². The third kappa shape index (κ3) is 10.5. The Bertz CT molecular complexity index is 2030. The molecule has 3 N–H and O–H groups in total. The molecule has 1 aliphatic heterocycles. The molecule has 0 saturated carbocycles. The highest BCUT2D eigenvalue weighted by molar-refractivity contribution is 7.85. The predicted octanol–water partition coefficient (Wildman–Crippen LogP) is 7.89. The lowest BCUT2D eigenvalue weighted by atomic mass is 9.73. The average molecular weight is 790 g/mol. The highest BCUT2D eigenvalue weighted by Gasteiger charge is 2.49. The lowest BCUT2D eigenvalue weighted by Gasteiger charge is -2.33. The zero-order valence-corrected chi connectivity index (χ0v) is 30.7. The van der Waals surface area contributed by atoms with E-state index in [0.717, 1.165) is 60.4 Å². The minimum absolute atomic E-state index is 0.0773. The molecule has 1 heterocycles. The number of amides is 2. The molecule has 4 aromatic carbocycles. The molecule has 55 heavy (non-hydrogen) atoms. The predicted molar refractivity (Wildman–Crippen MR) is 197 cm³/mol. The van der Waals surface area contributed by atoms with Crippen LogP contribution in [0, 0.1) is 0 Å². The number of likely N-dealkylation sites (tertiary alicyclic amines) is 1. The van der Waals surface area contributed by atoms with Crippen molar-refractivity contribution >= 4 is 21.9 Å². The number of hydrogen-bond acceptors (Lipinski definition) is 5. The topological polar surface area (TPSA) is 116 Å². The van der Waals surface area contributed by atoms with Crippen molar-refractivity contribution in [3.05, 3.63) is 119 Å². The summed E-state index contributed by atoms with van der Waals surface area (Å²) in [5.74, 6) is -0.936. The first-order valence-electron chi connectivity index (χ1n) is 17.6. The smallest absolute Gasteiger partial charge is 0.349 e. The van der Waals surface area contributed by atoms with Gasteiger partial charge in [0.05, 0.1) is 11.8 Å². The zero-order chi connectivity index (χ0) is 40.0. The first kappa shape index (κ1) is 41.4. The lowest BCUT2D eigenvalue weighted by Crippen LogP contribution is -2.47. The molecule has 4 aromatic rings. The first-order chi connectivity index (χ1) is 25.9. The van der Waals surface area contributed by atoms with Crippen molar-refractivity contribution in [2.24, 2.45) is 0 Å². The summed E-state index contributed by atoms with van der Waals surface area (Å²) in [6.45, 7) is 0.799. The number of nitrogens with one attached hydrogen (secondary N) is 2. The maximum Gasteiger partial charge on any atom is 0.416 e. The van der Waals surface area contributed by atoms with Crippen molar-refractivity contribution in [2.45, 2.75) is 55.9 Å². The molecule has 0 bridgehead atoms. The average Bonchev–Trinajstić information content (AvgIpc) is 3.42. The third-order valence-corrected chi connectivity index (χ3v) is 9.79. The summed E-state index contributed by atoms with van der Waals surface area (Å²) in [4.78, 5) is 29.3. The summed E-state index contributed by atoms with van der Waals surface area (Å²) >= 11 is 0. The summed E-state index contributed by atoms with van der Waals surface area (Å²) in [5, 5.41) is 5.27. The number of carbonyl (C=O) groups is 2. The van der Waals surface area contributed by atoms with Crippen molar-refractivity contribution in [1.82, 2.24) is 15.5 Å². The van der Waals surface area contributed by atoms with Gasteiger partial charge in [-0.05, 0) is 83.8 Å². The highest BCUT2D eigenvalue weighted by atomic mass is 32.2. The molecular weight excluding hydrogens is 749 g/mol. The second kappa shape index (κ2) is 17.0. The van der Waals surface area contributed by atoms with Crippen LogP contribution in [0.3, 0.4) is 0 Å². The van der Waals surface area contributed by atoms with Crippen molar-refractivity contribution in [2.75, 3.05) is 32.4 Å². The summed E-state index contributed by atoms with van der Waals surface area (Å²) < 4.78 is 105. The third-order valence-electron chi connectivity index (χ3n) is 9.79. The van der Waals surface area contributed by atoms with Crippen molar-refractivity contribution < 1.29 is 48.9 Å². The van der Waals surface area contributed by atoms with Crippen LogP contribution in [0.25, 0.3) is 22.3 Å². The summed E-state index contributed by atoms with van der Waals surface area (Å²) in [6.07, 6.45) is -5.15. The second-order valence-electron chi connectivity index (χ2n) is 13.7. The SMILES string of the molecule is CS(=O)(=O)O.O=C(NC1CCN(CCCCC2(C(=O)NCC(F)(F)F)c3ccccc3-c3ccccc32)CC1)c1ccccc1-c1ccc(C(F)(F)F)cc1. The van der Waals surface area contributed by atoms with E-state index >= 15 is 0 Å². The molecule has 15 heteroatoms. The second-order valence-corrected chi connectivity index (χ2v) is 15.2. The van der Waals surface area contributed by atoms with Gasteiger partial charge in [0.25, 0.3) is 16.0 Å². The van der Waals surface area contributed by atoms with Crippen molar-refractivity contribution in [1.29, 1.82) is 0 Å². The van der Waals surface area contributed by atoms with Gasteiger partial charge in [0.1, 0.15) is 12.0 Å². The molecule has 0 aromatic heterocycles. The Kier molecular flexibility index (Phi) is 12.8. The molecule has 1 aliphatic carbocycles. The van der Waals surface area contributed by atoms with E-state index in [0.29, 0.717) is 48.6 Å². The van der Waals surface area contributed by atoms with E-state index in [1.54, 1.807) is 24.3 Å². The number of alkyl halides is 6. The summed E-state index contributed by atoms with van der Waals surface area (Å²) in [7, 11) is -3.67. The number of benzene rings is 4. The van der Waals surface area contributed by atoms with Crippen LogP contribution in [0.1, 0.15) is 59.2 Å². The van der Waals surface area contributed by atoms with Gasteiger partial charge < -0.3 is 15.5 Å². The van der Waals surface area contributed by atoms with Gasteiger partial charge in [-0.15, -0.1) is 0 Å². The molecule has 0 unspecified atom stereocenters. The van der Waals surface area contributed by atoms with E-state index in [4.69, 9.17) is 4.55 Å². The van der Waals surface area contributed by atoms with Gasteiger partial charge in [0.15, 0.2) is 0 Å². The molecule has 2 amide bonds. The first-order valence-corrected chi connectivity index (χ1v) is 19.5. The molecule has 0 spiro atoms. The number of halogens is 6. The van der Waals surface area contributed by atoms with Gasteiger partial charge in [-0.3, -0.25) is 14.1 Å². The molecule has 294 valence electrons. The van der Waals surface area contributed by atoms with Crippen LogP contribution in [-0.4, -0.2) is 74.3 Å². The molecular formula is C40H41F6N3O5S. The Morgan fingerprint density at radius 1 is 0.782 bits per heavy atom. The Hall–Kier alpha value is -4.73. The number of piperidine rings is 1. The van der Waals surface area contributed by atoms with Crippen molar-refractivity contribution in [3.63, 3.8) is 0 Å². The van der Waals surface area contributed by atoms with E-state index in [1.807, 2.05) is 48.5 Å². The van der Waals surface area contributed by atoms with E-state index in [-0.39, 0.29) is 11.9 Å². The van der Waals surface area contributed by atoms with Gasteiger partial charge in [-0.2, -0.15) is 34.8 Å². The van der Waals surface area contributed by atoms with Gasteiger partial charge >= 0.3 is 12.4 Å². The fourth-order valence-corrected chi connectivity index (χ4v) is 7.35. The number of hydrogen-bond donors (Lipinski definition) is 3. The monoisotopic (exact) mass is 789 g/mol. The van der Waals surface area contributed by atoms with Crippen LogP contribution in [-0.2, 0) is 26.5 Å². The lowest BCUT2D eigenvalue weighted by molar-refractivity contribution is -0.141. The quantitative estimate of drug-likeness (QED) is 0.0856. The number of fused-ring (bicyclic) bond motifs is 3. The van der Waals surface area contributed by atoms with Crippen LogP contribution in [0.2, 0.25) is 0 Å². The van der Waals surface area contributed by atoms with Crippen LogP contribution in [0.5, 0.6) is 0 Å². The van der Waals surface area contributed by atoms with Gasteiger partial charge in [-0.25, -0.2) is 0 Å². The number of rotatable bonds is 10. The number of unbranched alkanes of at least 4 members (excludes halogenated alkanes) is 1. The largest absolute Gasteiger partial charge is 0.416 e. The molecule has 0 radical (unpaired) electrons. The normalized spacial score (nSPS) is 15.6. The highest BCUT2D eigenvalue weighted by Crippen LogP contribution is 2.51. The Balaban J connectivity index is 0.00000109. The van der Waals surface area contributed by atoms with E-state index < -0.39 is 45.9 Å². The molecule has 0 atom stereocenters. The van der Waals surface area contributed by atoms with E-state index in [2.05, 4.69) is 15.5 Å². The number of carbonyl (C=O) groups excluding carboxylic acids is 2. The van der Waals surface area contributed by atoms with Gasteiger partial charge in [0, 0.05) is 24.7 Å². The Morgan fingerprint density at radius 3 is 1.82 bits per heavy atom. The zero-order valence-electron chi connectivity index (χ0n) is 29.9. The van der Waals surface area contributed by atoms with Gasteiger partial charge in [-0.1, -0.05) is 85.3 Å². The molecule has 6 rings (SSSR count). The minimum Gasteiger partial charge on any atom is -0.349 e. The molecule has 1 saturated heterocycles. The van der Waals surface area contributed by atoms with E-state index in [9.17, 15) is 44.3 Å². The number of nitrogens with zero attached hydrogens (tertiary/aromatic N) is 1. The summed E-state index contributed by atoms with van der Waals surface area (Å²) in [5.41, 5.74) is 2.62. The molecule has 1 fully saturated rings. The summed E-state index contributed by atoms with van der Waals surface area (Å²) in [6, 6.07) is 26.4. The maximum absolute atomic E-state index is 13.7.